The predicted molar refractivity (Wildman–Crippen MR) is 130 cm³/mol. The average Bonchev–Trinajstić information content (AvgIpc) is 3.46. The highest BCUT2D eigenvalue weighted by atomic mass is 32.2. The second-order valence-electron chi connectivity index (χ2n) is 8.78. The fourth-order valence-corrected chi connectivity index (χ4v) is 7.06. The van der Waals surface area contributed by atoms with Crippen molar-refractivity contribution in [3.05, 3.63) is 102 Å². The molecule has 35 heavy (non-hydrogen) atoms. The number of hydrogen-bond acceptors (Lipinski definition) is 6. The molecule has 1 aromatic heterocycles. The smallest absolute Gasteiger partial charge is 0.313 e. The van der Waals surface area contributed by atoms with Crippen LogP contribution in [0, 0.1) is 5.92 Å². The monoisotopic (exact) mass is 488 g/mol. The first-order valence-corrected chi connectivity index (χ1v) is 13.0. The molecule has 0 aliphatic carbocycles. The summed E-state index contributed by atoms with van der Waals surface area (Å²) in [7, 11) is -2.60. The highest BCUT2D eigenvalue weighted by Gasteiger charge is 2.54. The molecule has 0 amide bonds. The lowest BCUT2D eigenvalue weighted by Crippen LogP contribution is -2.36. The summed E-state index contributed by atoms with van der Waals surface area (Å²) < 4.78 is 34.8. The normalized spacial score (nSPS) is 22.0. The molecule has 8 heteroatoms. The summed E-state index contributed by atoms with van der Waals surface area (Å²) in [6.45, 7) is 0.536. The number of carbonyl (C=O) groups excluding carboxylic acids is 1. The number of nitrogens with zero attached hydrogens (tertiary/aromatic N) is 2. The van der Waals surface area contributed by atoms with Crippen molar-refractivity contribution in [2.24, 2.45) is 5.92 Å². The molecule has 0 unspecified atom stereocenters. The van der Waals surface area contributed by atoms with Gasteiger partial charge in [-0.2, -0.15) is 5.06 Å². The lowest BCUT2D eigenvalue weighted by molar-refractivity contribution is -0.169. The minimum atomic E-state index is -3.96. The molecular formula is C27H24N2O5S. The Kier molecular flexibility index (Phi) is 5.25. The molecule has 1 fully saturated rings. The van der Waals surface area contributed by atoms with Gasteiger partial charge in [-0.1, -0.05) is 66.7 Å². The summed E-state index contributed by atoms with van der Waals surface area (Å²) in [5.41, 5.74) is 2.92. The van der Waals surface area contributed by atoms with Gasteiger partial charge in [-0.15, -0.1) is 0 Å². The van der Waals surface area contributed by atoms with Crippen LogP contribution in [-0.4, -0.2) is 37.1 Å². The fourth-order valence-electron chi connectivity index (χ4n) is 5.46. The number of methoxy groups -OCH3 is 1. The number of carbonyl (C=O) groups is 1. The minimum Gasteiger partial charge on any atom is -0.469 e. The van der Waals surface area contributed by atoms with Crippen molar-refractivity contribution >= 4 is 26.9 Å². The second-order valence-corrected chi connectivity index (χ2v) is 10.6. The summed E-state index contributed by atoms with van der Waals surface area (Å²) in [6, 6.07) is 24.8. The number of fused-ring (bicyclic) bond motifs is 5. The van der Waals surface area contributed by atoms with Crippen molar-refractivity contribution in [3.63, 3.8) is 0 Å². The van der Waals surface area contributed by atoms with Crippen LogP contribution in [0.4, 0.5) is 0 Å². The fraction of sp³-hybridized carbons (Fsp3) is 0.222. The van der Waals surface area contributed by atoms with Crippen LogP contribution in [0.5, 0.6) is 0 Å². The van der Waals surface area contributed by atoms with Crippen molar-refractivity contribution in [1.82, 2.24) is 9.04 Å². The number of para-hydroxylation sites is 1. The lowest BCUT2D eigenvalue weighted by atomic mass is 9.85. The van der Waals surface area contributed by atoms with E-state index in [1.807, 2.05) is 54.6 Å². The van der Waals surface area contributed by atoms with E-state index in [-0.39, 0.29) is 4.90 Å². The van der Waals surface area contributed by atoms with Gasteiger partial charge < -0.3 is 4.74 Å². The Balaban J connectivity index is 1.62. The molecule has 7 nitrogen and oxygen atoms in total. The first kappa shape index (κ1) is 22.0. The van der Waals surface area contributed by atoms with Gasteiger partial charge >= 0.3 is 5.97 Å². The average molecular weight is 489 g/mol. The molecule has 0 saturated carbocycles. The topological polar surface area (TPSA) is 77.8 Å². The van der Waals surface area contributed by atoms with E-state index in [0.29, 0.717) is 24.2 Å². The molecule has 4 aromatic rings. The highest BCUT2D eigenvalue weighted by molar-refractivity contribution is 7.90. The molecule has 1 saturated heterocycles. The molecule has 0 radical (unpaired) electrons. The van der Waals surface area contributed by atoms with Crippen LogP contribution in [-0.2, 0) is 30.8 Å². The van der Waals surface area contributed by atoms with Gasteiger partial charge in [0.25, 0.3) is 10.0 Å². The Morgan fingerprint density at radius 3 is 2.31 bits per heavy atom. The van der Waals surface area contributed by atoms with E-state index in [0.717, 1.165) is 16.5 Å². The van der Waals surface area contributed by atoms with Crippen molar-refractivity contribution in [1.29, 1.82) is 0 Å². The van der Waals surface area contributed by atoms with Gasteiger partial charge in [0.2, 0.25) is 0 Å². The van der Waals surface area contributed by atoms with E-state index in [2.05, 4.69) is 0 Å². The maximum atomic E-state index is 14.1. The largest absolute Gasteiger partial charge is 0.469 e. The third-order valence-corrected chi connectivity index (χ3v) is 8.69. The van der Waals surface area contributed by atoms with Crippen LogP contribution in [0.15, 0.2) is 89.8 Å². The molecule has 6 rings (SSSR count). The molecule has 2 aliphatic rings. The number of ether oxygens (including phenoxy) is 1. The van der Waals surface area contributed by atoms with E-state index < -0.39 is 34.1 Å². The first-order valence-electron chi connectivity index (χ1n) is 11.5. The number of hydrogen-bond donors (Lipinski definition) is 0. The molecule has 0 N–H and O–H groups in total. The Morgan fingerprint density at radius 2 is 1.60 bits per heavy atom. The first-order chi connectivity index (χ1) is 17.0. The van der Waals surface area contributed by atoms with E-state index in [9.17, 15) is 13.2 Å². The molecule has 0 bridgehead atoms. The number of aromatic nitrogens is 1. The highest BCUT2D eigenvalue weighted by Crippen LogP contribution is 2.52. The zero-order valence-electron chi connectivity index (χ0n) is 19.1. The minimum absolute atomic E-state index is 0.189. The van der Waals surface area contributed by atoms with Crippen LogP contribution >= 0.6 is 0 Å². The third kappa shape index (κ3) is 3.32. The molecule has 2 aliphatic heterocycles. The molecule has 3 atom stereocenters. The molecule has 0 spiro atoms. The molecule has 3 aromatic carbocycles. The Labute approximate surface area is 203 Å². The quantitative estimate of drug-likeness (QED) is 0.400. The summed E-state index contributed by atoms with van der Waals surface area (Å²) in [4.78, 5) is 19.7. The molecule has 3 heterocycles. The van der Waals surface area contributed by atoms with E-state index in [4.69, 9.17) is 9.57 Å². The van der Waals surface area contributed by atoms with Gasteiger partial charge in [0.15, 0.2) is 0 Å². The predicted octanol–water partition coefficient (Wildman–Crippen LogP) is 4.25. The number of rotatable bonds is 4. The Hall–Kier alpha value is -3.46. The Bertz CT molecular complexity index is 1520. The van der Waals surface area contributed by atoms with Gasteiger partial charge in [-0.25, -0.2) is 12.4 Å². The zero-order chi connectivity index (χ0) is 24.2. The second kappa shape index (κ2) is 8.34. The van der Waals surface area contributed by atoms with Crippen LogP contribution in [0.1, 0.15) is 29.0 Å². The number of esters is 1. The van der Waals surface area contributed by atoms with Crippen molar-refractivity contribution in [2.75, 3.05) is 13.7 Å². The van der Waals surface area contributed by atoms with E-state index >= 15 is 0 Å². The summed E-state index contributed by atoms with van der Waals surface area (Å²) in [5, 5.41) is 2.63. The number of benzene rings is 3. The van der Waals surface area contributed by atoms with Gasteiger partial charge in [0.05, 0.1) is 29.3 Å². The standard InChI is InChI=1S/C27H24N2O5S/c1-33-27(30)23-25-24-21(16-17-28(25)34-26(23)18-10-4-2-5-11-18)20-14-8-9-15-22(20)29(24)35(31,32)19-12-6-3-7-13-19/h2-15,23,25-26H,16-17H2,1H3/t23-,25+,26-/m1/s1. The summed E-state index contributed by atoms with van der Waals surface area (Å²) in [6.07, 6.45) is 0.00415. The van der Waals surface area contributed by atoms with Crippen LogP contribution in [0.2, 0.25) is 0 Å². The maximum absolute atomic E-state index is 14.1. The summed E-state index contributed by atoms with van der Waals surface area (Å²) >= 11 is 0. The van der Waals surface area contributed by atoms with Crippen LogP contribution < -0.4 is 0 Å². The van der Waals surface area contributed by atoms with E-state index in [1.54, 1.807) is 35.4 Å². The lowest BCUT2D eigenvalue weighted by Gasteiger charge is -2.31. The SMILES string of the molecule is COC(=O)[C@H]1[C@@H](c2ccccc2)ON2CCc3c(n(S(=O)(=O)c4ccccc4)c4ccccc34)[C@H]12. The van der Waals surface area contributed by atoms with Crippen molar-refractivity contribution < 1.29 is 22.8 Å². The van der Waals surface area contributed by atoms with Crippen molar-refractivity contribution in [2.45, 2.75) is 23.5 Å². The summed E-state index contributed by atoms with van der Waals surface area (Å²) in [5.74, 6) is -1.18. The molecular weight excluding hydrogens is 464 g/mol. The van der Waals surface area contributed by atoms with Gasteiger partial charge in [0.1, 0.15) is 12.0 Å². The van der Waals surface area contributed by atoms with Crippen molar-refractivity contribution in [3.8, 4) is 0 Å². The van der Waals surface area contributed by atoms with Gasteiger partial charge in [-0.3, -0.25) is 9.63 Å². The Morgan fingerprint density at radius 1 is 0.943 bits per heavy atom. The van der Waals surface area contributed by atoms with Crippen LogP contribution in [0.25, 0.3) is 10.9 Å². The van der Waals surface area contributed by atoms with Crippen LogP contribution in [0.3, 0.4) is 0 Å². The third-order valence-electron chi connectivity index (χ3n) is 6.95. The van der Waals surface area contributed by atoms with E-state index in [1.165, 1.54) is 11.1 Å². The van der Waals surface area contributed by atoms with Gasteiger partial charge in [-0.05, 0) is 35.7 Å². The zero-order valence-corrected chi connectivity index (χ0v) is 19.9. The molecule has 178 valence electrons. The maximum Gasteiger partial charge on any atom is 0.313 e. The number of hydroxylamine groups is 2. The van der Waals surface area contributed by atoms with Gasteiger partial charge in [0, 0.05) is 11.9 Å².